The van der Waals surface area contributed by atoms with E-state index in [4.69, 9.17) is 14.2 Å². The number of carbonyl (C=O) groups is 1. The van der Waals surface area contributed by atoms with Crippen LogP contribution in [0.4, 0.5) is 0 Å². The summed E-state index contributed by atoms with van der Waals surface area (Å²) in [5.41, 5.74) is 1.41. The fourth-order valence-corrected chi connectivity index (χ4v) is 2.05. The van der Waals surface area contributed by atoms with Crippen LogP contribution in [0.5, 0.6) is 11.5 Å². The molecule has 0 fully saturated rings. The molecule has 0 N–H and O–H groups in total. The Morgan fingerprint density at radius 2 is 1.77 bits per heavy atom. The van der Waals surface area contributed by atoms with Crippen molar-refractivity contribution >= 4 is 12.0 Å². The molecule has 0 bridgehead atoms. The summed E-state index contributed by atoms with van der Waals surface area (Å²) in [7, 11) is 3.22. The maximum absolute atomic E-state index is 11.9. The third kappa shape index (κ3) is 5.10. The van der Waals surface area contributed by atoms with Crippen molar-refractivity contribution in [1.29, 1.82) is 0 Å². The highest BCUT2D eigenvalue weighted by atomic mass is 16.6. The molecular formula is C18H26O4. The van der Waals surface area contributed by atoms with Gasteiger partial charge in [-0.05, 0) is 44.4 Å². The fourth-order valence-electron chi connectivity index (χ4n) is 2.05. The molecule has 0 aliphatic heterocycles. The van der Waals surface area contributed by atoms with Gasteiger partial charge in [0.25, 0.3) is 0 Å². The van der Waals surface area contributed by atoms with E-state index in [-0.39, 0.29) is 11.9 Å². The van der Waals surface area contributed by atoms with Crippen molar-refractivity contribution in [1.82, 2.24) is 0 Å². The van der Waals surface area contributed by atoms with Crippen molar-refractivity contribution in [3.8, 4) is 11.5 Å². The van der Waals surface area contributed by atoms with E-state index in [9.17, 15) is 4.79 Å². The van der Waals surface area contributed by atoms with Crippen LogP contribution in [0.1, 0.15) is 51.7 Å². The molecule has 0 saturated heterocycles. The van der Waals surface area contributed by atoms with Gasteiger partial charge in [-0.1, -0.05) is 13.8 Å². The van der Waals surface area contributed by atoms with Crippen LogP contribution in [0.25, 0.3) is 6.08 Å². The summed E-state index contributed by atoms with van der Waals surface area (Å²) in [4.78, 5) is 11.9. The highest BCUT2D eigenvalue weighted by Crippen LogP contribution is 2.34. The van der Waals surface area contributed by atoms with Crippen LogP contribution in [0.3, 0.4) is 0 Å². The van der Waals surface area contributed by atoms with E-state index < -0.39 is 5.60 Å². The van der Waals surface area contributed by atoms with Crippen LogP contribution in [0, 0.1) is 0 Å². The molecular weight excluding hydrogens is 280 g/mol. The van der Waals surface area contributed by atoms with E-state index in [2.05, 4.69) is 13.8 Å². The molecule has 22 heavy (non-hydrogen) atoms. The lowest BCUT2D eigenvalue weighted by Gasteiger charge is -2.18. The molecule has 4 nitrogen and oxygen atoms in total. The van der Waals surface area contributed by atoms with E-state index in [0.717, 1.165) is 16.9 Å². The number of hydrogen-bond donors (Lipinski definition) is 0. The van der Waals surface area contributed by atoms with E-state index >= 15 is 0 Å². The van der Waals surface area contributed by atoms with Crippen LogP contribution in [-0.2, 0) is 9.53 Å². The number of benzene rings is 1. The molecule has 0 spiro atoms. The molecule has 122 valence electrons. The van der Waals surface area contributed by atoms with Crippen LogP contribution < -0.4 is 9.47 Å². The smallest absolute Gasteiger partial charge is 0.331 e. The van der Waals surface area contributed by atoms with Gasteiger partial charge in [0.1, 0.15) is 17.1 Å². The van der Waals surface area contributed by atoms with Gasteiger partial charge in [0.2, 0.25) is 0 Å². The lowest BCUT2D eigenvalue weighted by atomic mass is 9.95. The monoisotopic (exact) mass is 306 g/mol. The minimum atomic E-state index is -0.508. The first kappa shape index (κ1) is 18.1. The predicted molar refractivity (Wildman–Crippen MR) is 88.5 cm³/mol. The normalized spacial score (nSPS) is 11.8. The zero-order valence-corrected chi connectivity index (χ0v) is 14.5. The Labute approximate surface area is 133 Å². The standard InChI is InChI=1S/C18H26O4/c1-12(2)15-10-13(20-6)11-16(21-7)14(15)8-9-17(19)22-18(3,4)5/h8-12H,1-7H3/b9-8+. The summed E-state index contributed by atoms with van der Waals surface area (Å²) in [6.07, 6.45) is 3.17. The molecule has 1 aromatic carbocycles. The molecule has 0 saturated carbocycles. The number of carbonyl (C=O) groups excluding carboxylic acids is 1. The van der Waals surface area contributed by atoms with Gasteiger partial charge in [-0.2, -0.15) is 0 Å². The van der Waals surface area contributed by atoms with E-state index in [0.29, 0.717) is 5.75 Å². The molecule has 0 radical (unpaired) electrons. The Hall–Kier alpha value is -1.97. The Bertz CT molecular complexity index is 551. The van der Waals surface area contributed by atoms with Gasteiger partial charge in [-0.15, -0.1) is 0 Å². The van der Waals surface area contributed by atoms with Crippen LogP contribution in [-0.4, -0.2) is 25.8 Å². The van der Waals surface area contributed by atoms with Crippen molar-refractivity contribution in [2.75, 3.05) is 14.2 Å². The second kappa shape index (κ2) is 7.34. The van der Waals surface area contributed by atoms with Gasteiger partial charge in [0.05, 0.1) is 14.2 Å². The average molecular weight is 306 g/mol. The molecule has 0 atom stereocenters. The van der Waals surface area contributed by atoms with Gasteiger partial charge >= 0.3 is 5.97 Å². The summed E-state index contributed by atoms with van der Waals surface area (Å²) in [6, 6.07) is 3.77. The fraction of sp³-hybridized carbons (Fsp3) is 0.500. The van der Waals surface area contributed by atoms with Gasteiger partial charge in [-0.3, -0.25) is 0 Å². The van der Waals surface area contributed by atoms with Gasteiger partial charge in [0, 0.05) is 17.7 Å². The summed E-state index contributed by atoms with van der Waals surface area (Å²) in [6.45, 7) is 9.68. The summed E-state index contributed by atoms with van der Waals surface area (Å²) in [5, 5.41) is 0. The molecule has 0 aliphatic rings. The van der Waals surface area contributed by atoms with E-state index in [1.165, 1.54) is 6.08 Å². The Balaban J connectivity index is 3.19. The molecule has 1 aromatic rings. The number of ether oxygens (including phenoxy) is 3. The summed E-state index contributed by atoms with van der Waals surface area (Å²) >= 11 is 0. The van der Waals surface area contributed by atoms with Crippen LogP contribution in [0.2, 0.25) is 0 Å². The highest BCUT2D eigenvalue weighted by molar-refractivity contribution is 5.88. The lowest BCUT2D eigenvalue weighted by molar-refractivity contribution is -0.148. The second-order valence-corrected chi connectivity index (χ2v) is 6.35. The predicted octanol–water partition coefficient (Wildman–Crippen LogP) is 4.18. The lowest BCUT2D eigenvalue weighted by Crippen LogP contribution is -2.22. The minimum absolute atomic E-state index is 0.266. The summed E-state index contributed by atoms with van der Waals surface area (Å²) < 4.78 is 16.0. The number of hydrogen-bond acceptors (Lipinski definition) is 4. The van der Waals surface area contributed by atoms with Crippen molar-refractivity contribution in [2.24, 2.45) is 0 Å². The van der Waals surface area contributed by atoms with Gasteiger partial charge < -0.3 is 14.2 Å². The Morgan fingerprint density at radius 1 is 1.14 bits per heavy atom. The van der Waals surface area contributed by atoms with Gasteiger partial charge in [-0.25, -0.2) is 4.79 Å². The maximum Gasteiger partial charge on any atom is 0.331 e. The van der Waals surface area contributed by atoms with Crippen molar-refractivity contribution in [3.05, 3.63) is 29.3 Å². The SMILES string of the molecule is COc1cc(OC)c(/C=C/C(=O)OC(C)(C)C)c(C(C)C)c1. The first-order chi connectivity index (χ1) is 10.2. The van der Waals surface area contributed by atoms with Crippen LogP contribution >= 0.6 is 0 Å². The average Bonchev–Trinajstić information content (AvgIpc) is 2.42. The van der Waals surface area contributed by atoms with Crippen LogP contribution in [0.15, 0.2) is 18.2 Å². The zero-order chi connectivity index (χ0) is 16.9. The molecule has 0 unspecified atom stereocenters. The highest BCUT2D eigenvalue weighted by Gasteiger charge is 2.16. The third-order valence-corrected chi connectivity index (χ3v) is 3.02. The van der Waals surface area contributed by atoms with Gasteiger partial charge in [0.15, 0.2) is 0 Å². The first-order valence-electron chi connectivity index (χ1n) is 7.35. The molecule has 0 aromatic heterocycles. The third-order valence-electron chi connectivity index (χ3n) is 3.02. The zero-order valence-electron chi connectivity index (χ0n) is 14.5. The van der Waals surface area contributed by atoms with E-state index in [1.54, 1.807) is 26.4 Å². The number of rotatable bonds is 5. The van der Waals surface area contributed by atoms with Crippen molar-refractivity contribution in [3.63, 3.8) is 0 Å². The first-order valence-corrected chi connectivity index (χ1v) is 7.35. The van der Waals surface area contributed by atoms with Crippen molar-refractivity contribution < 1.29 is 19.0 Å². The largest absolute Gasteiger partial charge is 0.497 e. The number of methoxy groups -OCH3 is 2. The second-order valence-electron chi connectivity index (χ2n) is 6.35. The topological polar surface area (TPSA) is 44.8 Å². The quantitative estimate of drug-likeness (QED) is 0.604. The Morgan fingerprint density at radius 3 is 2.23 bits per heavy atom. The summed E-state index contributed by atoms with van der Waals surface area (Å²) in [5.74, 6) is 1.29. The van der Waals surface area contributed by atoms with E-state index in [1.807, 2.05) is 26.8 Å². The number of esters is 1. The molecule has 4 heteroatoms. The molecule has 0 aliphatic carbocycles. The molecule has 0 heterocycles. The minimum Gasteiger partial charge on any atom is -0.497 e. The maximum atomic E-state index is 11.9. The Kier molecular flexibility index (Phi) is 6.03. The van der Waals surface area contributed by atoms with Crippen molar-refractivity contribution in [2.45, 2.75) is 46.1 Å². The molecule has 0 amide bonds. The molecule has 1 rings (SSSR count).